The van der Waals surface area contributed by atoms with Gasteiger partial charge in [0.1, 0.15) is 15.9 Å². The Labute approximate surface area is 167 Å². The lowest BCUT2D eigenvalue weighted by atomic mass is 10.3. The van der Waals surface area contributed by atoms with Gasteiger partial charge in [-0.1, -0.05) is 23.2 Å². The van der Waals surface area contributed by atoms with Crippen LogP contribution in [0.5, 0.6) is 0 Å². The molecule has 0 amide bonds. The molecular formula is C16H10Cl2N6O4. The van der Waals surface area contributed by atoms with Crippen LogP contribution in [-0.2, 0) is 0 Å². The molecule has 28 heavy (non-hydrogen) atoms. The van der Waals surface area contributed by atoms with E-state index >= 15 is 0 Å². The first-order valence-corrected chi connectivity index (χ1v) is 8.34. The lowest BCUT2D eigenvalue weighted by molar-refractivity contribution is -0.384. The third kappa shape index (κ3) is 4.42. The highest BCUT2D eigenvalue weighted by atomic mass is 35.5. The molecule has 2 aromatic carbocycles. The Bertz CT molecular complexity index is 998. The number of hydrogen-bond donors (Lipinski definition) is 2. The van der Waals surface area contributed by atoms with Crippen LogP contribution in [0.3, 0.4) is 0 Å². The van der Waals surface area contributed by atoms with E-state index in [1.54, 1.807) is 18.2 Å². The second-order valence-electron chi connectivity index (χ2n) is 5.36. The molecule has 0 atom stereocenters. The van der Waals surface area contributed by atoms with E-state index in [1.807, 2.05) is 0 Å². The zero-order valence-corrected chi connectivity index (χ0v) is 15.3. The minimum Gasteiger partial charge on any atom is -0.340 e. The molecule has 0 fully saturated rings. The van der Waals surface area contributed by atoms with E-state index in [1.165, 1.54) is 30.5 Å². The lowest BCUT2D eigenvalue weighted by Gasteiger charge is -2.09. The largest absolute Gasteiger partial charge is 0.340 e. The second kappa shape index (κ2) is 8.03. The molecule has 0 aliphatic rings. The summed E-state index contributed by atoms with van der Waals surface area (Å²) in [4.78, 5) is 29.0. The van der Waals surface area contributed by atoms with Crippen LogP contribution in [0.25, 0.3) is 0 Å². The Hall–Kier alpha value is -3.50. The lowest BCUT2D eigenvalue weighted by Crippen LogP contribution is -2.01. The van der Waals surface area contributed by atoms with Crippen LogP contribution in [-0.4, -0.2) is 19.8 Å². The number of halogens is 2. The Morgan fingerprint density at radius 2 is 1.36 bits per heavy atom. The normalized spacial score (nSPS) is 10.4. The molecule has 1 heterocycles. The fourth-order valence-electron chi connectivity index (χ4n) is 2.23. The summed E-state index contributed by atoms with van der Waals surface area (Å²) < 4.78 is 0. The van der Waals surface area contributed by atoms with E-state index < -0.39 is 9.85 Å². The maximum Gasteiger partial charge on any atom is 0.289 e. The maximum absolute atomic E-state index is 11.0. The predicted molar refractivity (Wildman–Crippen MR) is 105 cm³/mol. The summed E-state index contributed by atoms with van der Waals surface area (Å²) in [5.74, 6) is 0.502. The molecule has 0 radical (unpaired) electrons. The van der Waals surface area contributed by atoms with Crippen LogP contribution in [0.2, 0.25) is 10.0 Å². The minimum absolute atomic E-state index is 0.0104. The fraction of sp³-hybridized carbons (Fsp3) is 0. The summed E-state index contributed by atoms with van der Waals surface area (Å²) in [6, 6.07) is 9.98. The van der Waals surface area contributed by atoms with Gasteiger partial charge in [-0.15, -0.1) is 0 Å². The number of nitrogens with one attached hydrogen (secondary N) is 2. The van der Waals surface area contributed by atoms with Crippen LogP contribution in [0, 0.1) is 20.2 Å². The first-order chi connectivity index (χ1) is 13.3. The molecule has 0 unspecified atom stereocenters. The molecular weight excluding hydrogens is 411 g/mol. The number of aromatic nitrogens is 2. The summed E-state index contributed by atoms with van der Waals surface area (Å²) in [5, 5.41) is 27.7. The van der Waals surface area contributed by atoms with Crippen molar-refractivity contribution < 1.29 is 9.85 Å². The van der Waals surface area contributed by atoms with Gasteiger partial charge in [0, 0.05) is 29.7 Å². The summed E-state index contributed by atoms with van der Waals surface area (Å²) in [6.07, 6.45) is 1.45. The quantitative estimate of drug-likeness (QED) is 0.415. The number of nitro groups is 2. The van der Waals surface area contributed by atoms with Crippen LogP contribution < -0.4 is 10.6 Å². The zero-order valence-electron chi connectivity index (χ0n) is 13.8. The van der Waals surface area contributed by atoms with Crippen molar-refractivity contribution in [3.63, 3.8) is 0 Å². The van der Waals surface area contributed by atoms with E-state index in [0.717, 1.165) is 0 Å². The van der Waals surface area contributed by atoms with Crippen molar-refractivity contribution in [3.05, 3.63) is 78.9 Å². The van der Waals surface area contributed by atoms with Gasteiger partial charge in [0.05, 0.1) is 9.85 Å². The van der Waals surface area contributed by atoms with E-state index in [-0.39, 0.29) is 27.4 Å². The van der Waals surface area contributed by atoms with Crippen LogP contribution in [0.15, 0.2) is 48.7 Å². The van der Waals surface area contributed by atoms with Gasteiger partial charge in [-0.25, -0.2) is 4.98 Å². The highest BCUT2D eigenvalue weighted by molar-refractivity contribution is 6.33. The third-order valence-corrected chi connectivity index (χ3v) is 4.11. The molecule has 12 heteroatoms. The summed E-state index contributed by atoms with van der Waals surface area (Å²) in [5.41, 5.74) is 0.278. The molecule has 2 N–H and O–H groups in total. The fourth-order valence-corrected chi connectivity index (χ4v) is 2.60. The molecule has 0 aliphatic carbocycles. The van der Waals surface area contributed by atoms with Crippen molar-refractivity contribution in [3.8, 4) is 0 Å². The highest BCUT2D eigenvalue weighted by Gasteiger charge is 2.14. The van der Waals surface area contributed by atoms with E-state index in [2.05, 4.69) is 20.6 Å². The molecule has 0 saturated carbocycles. The van der Waals surface area contributed by atoms with Gasteiger partial charge in [-0.3, -0.25) is 20.2 Å². The number of hydrogen-bond acceptors (Lipinski definition) is 8. The Balaban J connectivity index is 1.82. The number of benzene rings is 2. The van der Waals surface area contributed by atoms with Crippen molar-refractivity contribution in [1.29, 1.82) is 0 Å². The smallest absolute Gasteiger partial charge is 0.289 e. The van der Waals surface area contributed by atoms with Crippen molar-refractivity contribution in [2.24, 2.45) is 0 Å². The number of anilines is 4. The Morgan fingerprint density at radius 1 is 0.821 bits per heavy atom. The van der Waals surface area contributed by atoms with Crippen molar-refractivity contribution in [1.82, 2.24) is 9.97 Å². The standard InChI is InChI=1S/C16H10Cl2N6O4/c17-11-3-1-9(7-13(11)23(25)26)20-15-5-6-19-16(22-15)21-10-2-4-12(18)14(8-10)24(27)28/h1-8H,(H2,19,20,21,22). The van der Waals surface area contributed by atoms with E-state index in [9.17, 15) is 20.2 Å². The predicted octanol–water partition coefficient (Wildman–Crippen LogP) is 5.09. The van der Waals surface area contributed by atoms with Crippen molar-refractivity contribution in [2.45, 2.75) is 0 Å². The first-order valence-electron chi connectivity index (χ1n) is 7.58. The number of nitro benzene ring substituents is 2. The molecule has 0 saturated heterocycles. The number of rotatable bonds is 6. The zero-order chi connectivity index (χ0) is 20.3. The monoisotopic (exact) mass is 420 g/mol. The van der Waals surface area contributed by atoms with Gasteiger partial charge in [0.15, 0.2) is 0 Å². The third-order valence-electron chi connectivity index (χ3n) is 3.47. The maximum atomic E-state index is 11.0. The van der Waals surface area contributed by atoms with Crippen LogP contribution >= 0.6 is 23.2 Å². The molecule has 0 bridgehead atoms. The van der Waals surface area contributed by atoms with E-state index in [4.69, 9.17) is 23.2 Å². The summed E-state index contributed by atoms with van der Waals surface area (Å²) in [7, 11) is 0. The van der Waals surface area contributed by atoms with Crippen LogP contribution in [0.1, 0.15) is 0 Å². The number of nitrogens with zero attached hydrogens (tertiary/aromatic N) is 4. The first kappa shape index (κ1) is 19.3. The average molecular weight is 421 g/mol. The SMILES string of the molecule is O=[N+]([O-])c1cc(Nc2ccnc(Nc3ccc(Cl)c([N+](=O)[O-])c3)n2)ccc1Cl. The van der Waals surface area contributed by atoms with Gasteiger partial charge in [-0.2, -0.15) is 4.98 Å². The Kier molecular flexibility index (Phi) is 5.52. The molecule has 3 rings (SSSR count). The van der Waals surface area contributed by atoms with Crippen molar-refractivity contribution >= 4 is 57.7 Å². The summed E-state index contributed by atoms with van der Waals surface area (Å²) in [6.45, 7) is 0. The van der Waals surface area contributed by atoms with Gasteiger partial charge in [0.2, 0.25) is 5.95 Å². The van der Waals surface area contributed by atoms with Crippen molar-refractivity contribution in [2.75, 3.05) is 10.6 Å². The minimum atomic E-state index is -0.597. The second-order valence-corrected chi connectivity index (χ2v) is 6.18. The molecule has 10 nitrogen and oxygen atoms in total. The highest BCUT2D eigenvalue weighted by Crippen LogP contribution is 2.30. The van der Waals surface area contributed by atoms with Gasteiger partial charge in [0.25, 0.3) is 11.4 Å². The molecule has 142 valence electrons. The van der Waals surface area contributed by atoms with Gasteiger partial charge in [-0.05, 0) is 30.3 Å². The molecule has 3 aromatic rings. The molecule has 0 spiro atoms. The van der Waals surface area contributed by atoms with Crippen LogP contribution in [0.4, 0.5) is 34.5 Å². The molecule has 0 aliphatic heterocycles. The molecule has 1 aromatic heterocycles. The van der Waals surface area contributed by atoms with Gasteiger partial charge >= 0.3 is 0 Å². The topological polar surface area (TPSA) is 136 Å². The average Bonchev–Trinajstić information content (AvgIpc) is 2.65. The Morgan fingerprint density at radius 3 is 1.89 bits per heavy atom. The van der Waals surface area contributed by atoms with Gasteiger partial charge < -0.3 is 10.6 Å². The van der Waals surface area contributed by atoms with E-state index in [0.29, 0.717) is 17.2 Å². The summed E-state index contributed by atoms with van der Waals surface area (Å²) >= 11 is 11.6.